The number of sulfone groups is 2. The Kier molecular flexibility index (Phi) is 6.12. The molecule has 0 aromatic rings. The minimum atomic E-state index is -3.87. The van der Waals surface area contributed by atoms with Crippen molar-refractivity contribution in [3.05, 3.63) is 47.8 Å². The quantitative estimate of drug-likeness (QED) is 0.523. The Morgan fingerprint density at radius 1 is 1.00 bits per heavy atom. The molecule has 0 aliphatic carbocycles. The second kappa shape index (κ2) is 6.56. The van der Waals surface area contributed by atoms with Crippen LogP contribution in [-0.2, 0) is 19.7 Å². The summed E-state index contributed by atoms with van der Waals surface area (Å²) >= 11 is 0. The first-order valence-electron chi connectivity index (χ1n) is 4.82. The second-order valence-corrected chi connectivity index (χ2v) is 7.42. The van der Waals surface area contributed by atoms with Gasteiger partial charge in [0.1, 0.15) is 0 Å². The van der Waals surface area contributed by atoms with Crippen molar-refractivity contribution in [1.82, 2.24) is 0 Å². The lowest BCUT2D eigenvalue weighted by Gasteiger charge is -2.06. The Morgan fingerprint density at radius 3 is 1.71 bits per heavy atom. The fourth-order valence-corrected chi connectivity index (χ4v) is 4.53. The molecule has 0 aliphatic heterocycles. The summed E-state index contributed by atoms with van der Waals surface area (Å²) in [4.78, 5) is 0. The molecule has 0 aliphatic rings. The van der Waals surface area contributed by atoms with E-state index in [1.54, 1.807) is 13.0 Å². The molecule has 0 rings (SSSR count). The van der Waals surface area contributed by atoms with E-state index < -0.39 is 35.4 Å². The highest BCUT2D eigenvalue weighted by molar-refractivity contribution is 8.14. The lowest BCUT2D eigenvalue weighted by molar-refractivity contribution is 0.598. The number of allylic oxidation sites excluding steroid dienone is 3. The topological polar surface area (TPSA) is 68.3 Å². The molecule has 0 heterocycles. The minimum Gasteiger partial charge on any atom is -0.223 e. The van der Waals surface area contributed by atoms with Gasteiger partial charge in [-0.25, -0.2) is 16.8 Å². The largest absolute Gasteiger partial charge is 0.223 e. The van der Waals surface area contributed by atoms with Crippen molar-refractivity contribution in [3.63, 3.8) is 0 Å². The standard InChI is InChI=1S/C11H16O4S2/c1-4-7-8-11(16(12,13)9-5-2)17(14,15)10-6-3/h4-8H,2-3,9-10H2,1H3. The van der Waals surface area contributed by atoms with Gasteiger partial charge in [-0.05, 0) is 13.0 Å². The van der Waals surface area contributed by atoms with Crippen molar-refractivity contribution in [2.75, 3.05) is 11.5 Å². The zero-order valence-corrected chi connectivity index (χ0v) is 11.3. The van der Waals surface area contributed by atoms with E-state index in [2.05, 4.69) is 13.2 Å². The van der Waals surface area contributed by atoms with Crippen molar-refractivity contribution >= 4 is 19.7 Å². The van der Waals surface area contributed by atoms with Crippen LogP contribution >= 0.6 is 0 Å². The third-order valence-corrected chi connectivity index (χ3v) is 6.08. The molecule has 17 heavy (non-hydrogen) atoms. The van der Waals surface area contributed by atoms with Crippen LogP contribution < -0.4 is 0 Å². The van der Waals surface area contributed by atoms with Gasteiger partial charge in [-0.15, -0.1) is 13.2 Å². The van der Waals surface area contributed by atoms with Gasteiger partial charge < -0.3 is 0 Å². The molecule has 4 nitrogen and oxygen atoms in total. The molecule has 0 spiro atoms. The second-order valence-electron chi connectivity index (χ2n) is 3.15. The van der Waals surface area contributed by atoms with Gasteiger partial charge in [-0.2, -0.15) is 0 Å². The van der Waals surface area contributed by atoms with Crippen molar-refractivity contribution in [2.24, 2.45) is 0 Å². The molecule has 0 fully saturated rings. The van der Waals surface area contributed by atoms with Gasteiger partial charge in [0.05, 0.1) is 11.5 Å². The molecule has 0 saturated heterocycles. The molecule has 0 bridgehead atoms. The average molecular weight is 276 g/mol. The fourth-order valence-electron chi connectivity index (χ4n) is 1.05. The van der Waals surface area contributed by atoms with E-state index in [1.807, 2.05) is 0 Å². The normalized spacial score (nSPS) is 12.3. The summed E-state index contributed by atoms with van der Waals surface area (Å²) in [5.74, 6) is -0.820. The van der Waals surface area contributed by atoms with Crippen LogP contribution in [0.1, 0.15) is 6.92 Å². The highest BCUT2D eigenvalue weighted by Gasteiger charge is 2.27. The summed E-state index contributed by atoms with van der Waals surface area (Å²) in [6.45, 7) is 8.26. The van der Waals surface area contributed by atoms with E-state index in [-0.39, 0.29) is 0 Å². The van der Waals surface area contributed by atoms with E-state index in [0.29, 0.717) is 0 Å². The van der Waals surface area contributed by atoms with Gasteiger partial charge in [0.2, 0.25) is 0 Å². The summed E-state index contributed by atoms with van der Waals surface area (Å²) in [7, 11) is -7.74. The first-order valence-corrected chi connectivity index (χ1v) is 8.12. The van der Waals surface area contributed by atoms with Crippen LogP contribution in [0.15, 0.2) is 47.8 Å². The van der Waals surface area contributed by atoms with Gasteiger partial charge in [-0.1, -0.05) is 24.3 Å². The van der Waals surface area contributed by atoms with Crippen LogP contribution in [0.4, 0.5) is 0 Å². The lowest BCUT2D eigenvalue weighted by Crippen LogP contribution is -2.18. The van der Waals surface area contributed by atoms with E-state index in [4.69, 9.17) is 0 Å². The van der Waals surface area contributed by atoms with Crippen LogP contribution in [0.3, 0.4) is 0 Å². The Bertz CT molecular complexity index is 492. The van der Waals surface area contributed by atoms with Crippen LogP contribution in [0, 0.1) is 0 Å². The fraction of sp³-hybridized carbons (Fsp3) is 0.273. The van der Waals surface area contributed by atoms with Gasteiger partial charge in [-0.3, -0.25) is 0 Å². The Labute approximate surface area is 103 Å². The highest BCUT2D eigenvalue weighted by atomic mass is 32.3. The zero-order chi connectivity index (χ0) is 13.5. The van der Waals surface area contributed by atoms with Gasteiger partial charge in [0.15, 0.2) is 23.9 Å². The monoisotopic (exact) mass is 276 g/mol. The molecule has 0 atom stereocenters. The minimum absolute atomic E-state index is 0.410. The van der Waals surface area contributed by atoms with E-state index in [9.17, 15) is 16.8 Å². The first kappa shape index (κ1) is 15.9. The third kappa shape index (κ3) is 4.70. The molecule has 0 saturated carbocycles. The van der Waals surface area contributed by atoms with Gasteiger partial charge in [0, 0.05) is 0 Å². The molecule has 6 heteroatoms. The van der Waals surface area contributed by atoms with Crippen molar-refractivity contribution < 1.29 is 16.8 Å². The predicted octanol–water partition coefficient (Wildman–Crippen LogP) is 1.61. The summed E-state index contributed by atoms with van der Waals surface area (Å²) in [5, 5.41) is 0. The molecule has 0 aromatic carbocycles. The lowest BCUT2D eigenvalue weighted by atomic mass is 10.5. The van der Waals surface area contributed by atoms with Crippen LogP contribution in [0.5, 0.6) is 0 Å². The number of rotatable bonds is 7. The summed E-state index contributed by atoms with van der Waals surface area (Å²) in [5.41, 5.74) is 0. The molecule has 0 unspecified atom stereocenters. The first-order chi connectivity index (χ1) is 7.81. The van der Waals surface area contributed by atoms with Crippen molar-refractivity contribution in [2.45, 2.75) is 6.92 Å². The Balaban J connectivity index is 5.78. The van der Waals surface area contributed by atoms with Gasteiger partial charge >= 0.3 is 0 Å². The zero-order valence-electron chi connectivity index (χ0n) is 9.66. The van der Waals surface area contributed by atoms with Crippen molar-refractivity contribution in [3.8, 4) is 0 Å². The third-order valence-electron chi connectivity index (χ3n) is 1.71. The maximum atomic E-state index is 11.8. The maximum absolute atomic E-state index is 11.8. The number of hydrogen-bond donors (Lipinski definition) is 0. The smallest absolute Gasteiger partial charge is 0.192 e. The van der Waals surface area contributed by atoms with E-state index >= 15 is 0 Å². The summed E-state index contributed by atoms with van der Waals surface area (Å²) < 4.78 is 46.5. The van der Waals surface area contributed by atoms with E-state index in [0.717, 1.165) is 18.2 Å². The predicted molar refractivity (Wildman–Crippen MR) is 70.9 cm³/mol. The summed E-state index contributed by atoms with van der Waals surface area (Å²) in [6.07, 6.45) is 6.31. The molecule has 0 aromatic heterocycles. The van der Waals surface area contributed by atoms with E-state index in [1.165, 1.54) is 6.08 Å². The number of hydrogen-bond acceptors (Lipinski definition) is 4. The molecule has 96 valence electrons. The molecular weight excluding hydrogens is 260 g/mol. The van der Waals surface area contributed by atoms with Gasteiger partial charge in [0.25, 0.3) is 0 Å². The molecule has 0 amide bonds. The SMILES string of the molecule is C=CCS(=O)(=O)C(=CC=CC)S(=O)(=O)CC=C. The highest BCUT2D eigenvalue weighted by Crippen LogP contribution is 2.17. The maximum Gasteiger partial charge on any atom is 0.192 e. The molecule has 0 N–H and O–H groups in total. The Morgan fingerprint density at radius 2 is 1.41 bits per heavy atom. The Hall–Kier alpha value is -1.14. The molecule has 0 radical (unpaired) electrons. The van der Waals surface area contributed by atoms with Crippen molar-refractivity contribution in [1.29, 1.82) is 0 Å². The summed E-state index contributed by atoms with van der Waals surface area (Å²) in [6, 6.07) is 0. The van der Waals surface area contributed by atoms with Crippen LogP contribution in [-0.4, -0.2) is 28.3 Å². The molecular formula is C11H16O4S2. The average Bonchev–Trinajstić information content (AvgIpc) is 2.17. The van der Waals surface area contributed by atoms with Crippen LogP contribution in [0.2, 0.25) is 0 Å². The van der Waals surface area contributed by atoms with Crippen LogP contribution in [0.25, 0.3) is 0 Å².